The molecule has 1 aromatic rings. The lowest BCUT2D eigenvalue weighted by Gasteiger charge is -2.31. The highest BCUT2D eigenvalue weighted by Crippen LogP contribution is 2.16. The molecule has 0 atom stereocenters. The smallest absolute Gasteiger partial charge is 0.319 e. The normalized spacial score (nSPS) is 14.7. The van der Waals surface area contributed by atoms with E-state index in [0.717, 1.165) is 25.9 Å². The van der Waals surface area contributed by atoms with Gasteiger partial charge >= 0.3 is 6.03 Å². The molecule has 1 aliphatic heterocycles. The molecule has 1 aromatic carbocycles. The summed E-state index contributed by atoms with van der Waals surface area (Å²) in [6, 6.07) is 7.13. The number of urea groups is 1. The monoisotopic (exact) mass is 354 g/mol. The zero-order valence-corrected chi connectivity index (χ0v) is 15.3. The number of carbonyl (C=O) groups excluding carboxylic acids is 2. The summed E-state index contributed by atoms with van der Waals surface area (Å²) in [6.07, 6.45) is 1.94. The van der Waals surface area contributed by atoms with Gasteiger partial charge in [0.2, 0.25) is 0 Å². The molecule has 24 heavy (non-hydrogen) atoms. The summed E-state index contributed by atoms with van der Waals surface area (Å²) in [7, 11) is 1.85. The van der Waals surface area contributed by atoms with Gasteiger partial charge in [-0.2, -0.15) is 0 Å². The molecule has 1 fully saturated rings. The summed E-state index contributed by atoms with van der Waals surface area (Å²) in [5.41, 5.74) is 1.21. The number of halogens is 1. The van der Waals surface area contributed by atoms with Gasteiger partial charge in [0.05, 0.1) is 0 Å². The molecule has 7 heteroatoms. The maximum atomic E-state index is 12.6. The third kappa shape index (κ3) is 5.69. The Balaban J connectivity index is 0.00000288. The second-order valence-electron chi connectivity index (χ2n) is 6.23. The molecular formula is C17H27ClN4O2. The highest BCUT2D eigenvalue weighted by Gasteiger charge is 2.23. The first-order valence-corrected chi connectivity index (χ1v) is 8.13. The Morgan fingerprint density at radius 2 is 1.92 bits per heavy atom. The third-order valence-electron chi connectivity index (χ3n) is 3.96. The van der Waals surface area contributed by atoms with Crippen LogP contribution in [0.4, 0.5) is 10.5 Å². The molecule has 0 bridgehead atoms. The summed E-state index contributed by atoms with van der Waals surface area (Å²) in [5.74, 6) is -0.00943. The minimum absolute atomic E-state index is 0. The van der Waals surface area contributed by atoms with Gasteiger partial charge in [0, 0.05) is 30.4 Å². The van der Waals surface area contributed by atoms with Crippen molar-refractivity contribution in [1.82, 2.24) is 15.5 Å². The van der Waals surface area contributed by atoms with Crippen LogP contribution in [0.2, 0.25) is 0 Å². The van der Waals surface area contributed by atoms with Crippen LogP contribution in [0.3, 0.4) is 0 Å². The third-order valence-corrected chi connectivity index (χ3v) is 3.96. The van der Waals surface area contributed by atoms with Crippen molar-refractivity contribution in [3.8, 4) is 0 Å². The largest absolute Gasteiger partial charge is 0.339 e. The Hall–Kier alpha value is -1.79. The van der Waals surface area contributed by atoms with Crippen LogP contribution < -0.4 is 16.0 Å². The Morgan fingerprint density at radius 1 is 1.25 bits per heavy atom. The van der Waals surface area contributed by atoms with Gasteiger partial charge in [0.15, 0.2) is 0 Å². The van der Waals surface area contributed by atoms with Crippen LogP contribution in [-0.4, -0.2) is 49.1 Å². The molecule has 0 aliphatic carbocycles. The van der Waals surface area contributed by atoms with Crippen molar-refractivity contribution in [2.75, 3.05) is 25.5 Å². The molecule has 134 valence electrons. The van der Waals surface area contributed by atoms with E-state index in [9.17, 15) is 9.59 Å². The topological polar surface area (TPSA) is 73.5 Å². The zero-order valence-electron chi connectivity index (χ0n) is 14.5. The Labute approximate surface area is 149 Å². The number of rotatable bonds is 4. The maximum Gasteiger partial charge on any atom is 0.319 e. The molecule has 6 nitrogen and oxygen atoms in total. The minimum Gasteiger partial charge on any atom is -0.339 e. The summed E-state index contributed by atoms with van der Waals surface area (Å²) in [6.45, 7) is 5.68. The summed E-state index contributed by atoms with van der Waals surface area (Å²) in [4.78, 5) is 26.2. The number of nitrogens with one attached hydrogen (secondary N) is 3. The first kappa shape index (κ1) is 20.3. The van der Waals surface area contributed by atoms with Crippen molar-refractivity contribution >= 4 is 30.0 Å². The van der Waals surface area contributed by atoms with E-state index < -0.39 is 0 Å². The average Bonchev–Trinajstić information content (AvgIpc) is 2.53. The molecule has 0 aromatic heterocycles. The second-order valence-corrected chi connectivity index (χ2v) is 6.23. The summed E-state index contributed by atoms with van der Waals surface area (Å²) in [5, 5.41) is 8.82. The lowest BCUT2D eigenvalue weighted by Crippen LogP contribution is -2.44. The minimum atomic E-state index is -0.267. The molecule has 1 aliphatic rings. The van der Waals surface area contributed by atoms with Crippen LogP contribution in [0.25, 0.3) is 0 Å². The molecule has 0 radical (unpaired) electrons. The highest BCUT2D eigenvalue weighted by atomic mass is 35.5. The maximum absolute atomic E-state index is 12.6. The van der Waals surface area contributed by atoms with Crippen molar-refractivity contribution in [2.24, 2.45) is 0 Å². The van der Waals surface area contributed by atoms with Gasteiger partial charge in [-0.15, -0.1) is 12.4 Å². The molecule has 3 amide bonds. The molecule has 0 unspecified atom stereocenters. The lowest BCUT2D eigenvalue weighted by atomic mass is 10.0. The van der Waals surface area contributed by atoms with E-state index in [1.54, 1.807) is 24.3 Å². The van der Waals surface area contributed by atoms with Crippen LogP contribution in [0, 0.1) is 0 Å². The molecule has 0 saturated carbocycles. The molecule has 1 heterocycles. The molecular weight excluding hydrogens is 328 g/mol. The second kappa shape index (κ2) is 9.49. The average molecular weight is 355 g/mol. The van der Waals surface area contributed by atoms with E-state index >= 15 is 0 Å². The van der Waals surface area contributed by atoms with E-state index in [-0.39, 0.29) is 36.4 Å². The number of amides is 3. The van der Waals surface area contributed by atoms with E-state index in [4.69, 9.17) is 0 Å². The Kier molecular flexibility index (Phi) is 8.01. The Morgan fingerprint density at radius 3 is 2.54 bits per heavy atom. The molecule has 1 saturated heterocycles. The van der Waals surface area contributed by atoms with Crippen LogP contribution in [-0.2, 0) is 0 Å². The fraction of sp³-hybridized carbons (Fsp3) is 0.529. The standard InChI is InChI=1S/C17H26N4O2.ClH/c1-12(2)19-17(23)20-14-6-4-5-13(11-14)16(22)21(3)15-7-9-18-10-8-15;/h4-6,11-12,15,18H,7-10H2,1-3H3,(H2,19,20,23);1H. The quantitative estimate of drug-likeness (QED) is 0.777. The lowest BCUT2D eigenvalue weighted by molar-refractivity contribution is 0.0703. The number of hydrogen-bond donors (Lipinski definition) is 3. The number of nitrogens with zero attached hydrogens (tertiary/aromatic N) is 1. The number of piperidine rings is 1. The fourth-order valence-corrected chi connectivity index (χ4v) is 2.72. The predicted molar refractivity (Wildman–Crippen MR) is 99.0 cm³/mol. The number of anilines is 1. The zero-order chi connectivity index (χ0) is 16.8. The summed E-state index contributed by atoms with van der Waals surface area (Å²) >= 11 is 0. The van der Waals surface area contributed by atoms with E-state index in [0.29, 0.717) is 11.3 Å². The van der Waals surface area contributed by atoms with Gasteiger partial charge in [0.1, 0.15) is 0 Å². The van der Waals surface area contributed by atoms with Gasteiger partial charge in [-0.3, -0.25) is 4.79 Å². The van der Waals surface area contributed by atoms with E-state index in [1.165, 1.54) is 0 Å². The highest BCUT2D eigenvalue weighted by molar-refractivity contribution is 5.97. The molecule has 2 rings (SSSR count). The van der Waals surface area contributed by atoms with Crippen molar-refractivity contribution in [1.29, 1.82) is 0 Å². The van der Waals surface area contributed by atoms with E-state index in [2.05, 4.69) is 16.0 Å². The van der Waals surface area contributed by atoms with Crippen molar-refractivity contribution < 1.29 is 9.59 Å². The van der Waals surface area contributed by atoms with Gasteiger partial charge in [0.25, 0.3) is 5.91 Å². The van der Waals surface area contributed by atoms with Gasteiger partial charge in [-0.05, 0) is 58.0 Å². The SMILES string of the molecule is CC(C)NC(=O)Nc1cccc(C(=O)N(C)C2CCNCC2)c1.Cl. The predicted octanol–water partition coefficient (Wildman–Crippen LogP) is 2.46. The van der Waals surface area contributed by atoms with E-state index in [1.807, 2.05) is 25.8 Å². The van der Waals surface area contributed by atoms with Crippen LogP contribution in [0.5, 0.6) is 0 Å². The van der Waals surface area contributed by atoms with Crippen molar-refractivity contribution in [3.63, 3.8) is 0 Å². The number of hydrogen-bond acceptors (Lipinski definition) is 3. The van der Waals surface area contributed by atoms with Gasteiger partial charge < -0.3 is 20.9 Å². The van der Waals surface area contributed by atoms with Crippen LogP contribution >= 0.6 is 12.4 Å². The number of benzene rings is 1. The van der Waals surface area contributed by atoms with Gasteiger partial charge in [-0.25, -0.2) is 4.79 Å². The van der Waals surface area contributed by atoms with Crippen molar-refractivity contribution in [2.45, 2.75) is 38.8 Å². The fourth-order valence-electron chi connectivity index (χ4n) is 2.72. The Bertz CT molecular complexity index is 559. The van der Waals surface area contributed by atoms with Crippen molar-refractivity contribution in [3.05, 3.63) is 29.8 Å². The molecule has 3 N–H and O–H groups in total. The van der Waals surface area contributed by atoms with Gasteiger partial charge in [-0.1, -0.05) is 6.07 Å². The van der Waals surface area contributed by atoms with Crippen LogP contribution in [0.1, 0.15) is 37.0 Å². The summed E-state index contributed by atoms with van der Waals surface area (Å²) < 4.78 is 0. The number of carbonyl (C=O) groups is 2. The molecule has 0 spiro atoms. The first-order chi connectivity index (χ1) is 11.0. The first-order valence-electron chi connectivity index (χ1n) is 8.13. The van der Waals surface area contributed by atoms with Crippen LogP contribution in [0.15, 0.2) is 24.3 Å².